The summed E-state index contributed by atoms with van der Waals surface area (Å²) in [6.45, 7) is 2.53. The fourth-order valence-electron chi connectivity index (χ4n) is 1.91. The van der Waals surface area contributed by atoms with E-state index >= 15 is 0 Å². The molecule has 0 aliphatic carbocycles. The molecule has 6 heteroatoms. The van der Waals surface area contributed by atoms with Gasteiger partial charge in [-0.3, -0.25) is 4.79 Å². The third-order valence-corrected chi connectivity index (χ3v) is 4.31. The second-order valence-electron chi connectivity index (χ2n) is 4.09. The van der Waals surface area contributed by atoms with Crippen molar-refractivity contribution in [3.05, 3.63) is 9.98 Å². The first-order valence-corrected chi connectivity index (χ1v) is 7.55. The van der Waals surface area contributed by atoms with Crippen LogP contribution in [0.5, 0.6) is 0 Å². The van der Waals surface area contributed by atoms with Crippen molar-refractivity contribution < 1.29 is 4.79 Å². The number of nitrogens with zero attached hydrogens (tertiary/aromatic N) is 2. The highest BCUT2D eigenvalue weighted by Crippen LogP contribution is 2.19. The van der Waals surface area contributed by atoms with Gasteiger partial charge in [0.15, 0.2) is 5.13 Å². The lowest BCUT2D eigenvalue weighted by Gasteiger charge is -2.26. The normalized spacial score (nSPS) is 15.9. The van der Waals surface area contributed by atoms with E-state index < -0.39 is 0 Å². The lowest BCUT2D eigenvalue weighted by atomic mass is 10.1. The monoisotopic (exact) mass is 317 g/mol. The van der Waals surface area contributed by atoms with Gasteiger partial charge in [-0.2, -0.15) is 0 Å². The molecular weight excluding hydrogens is 302 g/mol. The summed E-state index contributed by atoms with van der Waals surface area (Å²) in [6.07, 6.45) is 4.11. The Kier molecular flexibility index (Phi) is 4.79. The van der Waals surface area contributed by atoms with Crippen LogP contribution in [0.2, 0.25) is 0 Å². The molecule has 94 valence electrons. The number of carbonyl (C=O) groups excluding carboxylic acids is 1. The van der Waals surface area contributed by atoms with Crippen molar-refractivity contribution in [2.75, 3.05) is 25.0 Å². The summed E-state index contributed by atoms with van der Waals surface area (Å²) in [7, 11) is 0. The van der Waals surface area contributed by atoms with E-state index in [-0.39, 0.29) is 5.91 Å². The number of amides is 1. The molecule has 2 heterocycles. The van der Waals surface area contributed by atoms with Crippen LogP contribution >= 0.6 is 27.3 Å². The van der Waals surface area contributed by atoms with Crippen LogP contribution in [0.25, 0.3) is 0 Å². The van der Waals surface area contributed by atoms with Gasteiger partial charge in [0.05, 0.1) is 0 Å². The average Bonchev–Trinajstić information content (AvgIpc) is 2.76. The Balaban J connectivity index is 1.69. The van der Waals surface area contributed by atoms with Crippen LogP contribution in [0.3, 0.4) is 0 Å². The Bertz CT molecular complexity index is 377. The lowest BCUT2D eigenvalue weighted by molar-refractivity contribution is -0.131. The molecule has 0 radical (unpaired) electrons. The van der Waals surface area contributed by atoms with Crippen molar-refractivity contribution in [2.45, 2.75) is 25.7 Å². The summed E-state index contributed by atoms with van der Waals surface area (Å²) in [6, 6.07) is 0. The highest BCUT2D eigenvalue weighted by atomic mass is 79.9. The van der Waals surface area contributed by atoms with E-state index in [1.165, 1.54) is 6.42 Å². The minimum Gasteiger partial charge on any atom is -0.361 e. The predicted octanol–water partition coefficient (Wildman–Crippen LogP) is 2.72. The summed E-state index contributed by atoms with van der Waals surface area (Å²) in [5.41, 5.74) is 0. The van der Waals surface area contributed by atoms with Gasteiger partial charge in [0.25, 0.3) is 0 Å². The predicted molar refractivity (Wildman–Crippen MR) is 73.4 cm³/mol. The SMILES string of the molecule is O=C(CCNc1nc(Br)cs1)N1CCCCC1. The summed E-state index contributed by atoms with van der Waals surface area (Å²) in [5, 5.41) is 5.95. The van der Waals surface area contributed by atoms with E-state index in [0.29, 0.717) is 13.0 Å². The number of likely N-dealkylation sites (tertiary alicyclic amines) is 1. The molecule has 17 heavy (non-hydrogen) atoms. The fraction of sp³-hybridized carbons (Fsp3) is 0.636. The first kappa shape index (κ1) is 12.8. The number of hydrogen-bond acceptors (Lipinski definition) is 4. The molecule has 1 saturated heterocycles. The van der Waals surface area contributed by atoms with Crippen LogP contribution in [0, 0.1) is 0 Å². The number of thiazole rings is 1. The minimum absolute atomic E-state index is 0.257. The van der Waals surface area contributed by atoms with E-state index in [1.807, 2.05) is 10.3 Å². The molecule has 1 aliphatic heterocycles. The van der Waals surface area contributed by atoms with Crippen LogP contribution in [0.4, 0.5) is 5.13 Å². The molecule has 4 nitrogen and oxygen atoms in total. The number of hydrogen-bond donors (Lipinski definition) is 1. The Morgan fingerprint density at radius 3 is 2.88 bits per heavy atom. The molecule has 1 amide bonds. The maximum absolute atomic E-state index is 11.9. The van der Waals surface area contributed by atoms with Crippen LogP contribution < -0.4 is 5.32 Å². The van der Waals surface area contributed by atoms with E-state index in [2.05, 4.69) is 26.2 Å². The zero-order chi connectivity index (χ0) is 12.1. The second-order valence-corrected chi connectivity index (χ2v) is 5.76. The molecule has 1 aromatic rings. The van der Waals surface area contributed by atoms with Crippen molar-refractivity contribution in [1.29, 1.82) is 0 Å². The zero-order valence-electron chi connectivity index (χ0n) is 9.62. The van der Waals surface area contributed by atoms with Gasteiger partial charge < -0.3 is 10.2 Å². The van der Waals surface area contributed by atoms with Crippen LogP contribution in [-0.4, -0.2) is 35.4 Å². The summed E-state index contributed by atoms with van der Waals surface area (Å²) in [5.74, 6) is 0.257. The van der Waals surface area contributed by atoms with Gasteiger partial charge in [0, 0.05) is 31.4 Å². The Labute approximate surface area is 114 Å². The van der Waals surface area contributed by atoms with Crippen molar-refractivity contribution in [2.24, 2.45) is 0 Å². The Morgan fingerprint density at radius 2 is 2.24 bits per heavy atom. The number of anilines is 1. The highest BCUT2D eigenvalue weighted by Gasteiger charge is 2.15. The molecule has 1 N–H and O–H groups in total. The molecule has 0 unspecified atom stereocenters. The zero-order valence-corrected chi connectivity index (χ0v) is 12.0. The van der Waals surface area contributed by atoms with E-state index in [0.717, 1.165) is 35.7 Å². The molecular formula is C11H16BrN3OS. The van der Waals surface area contributed by atoms with Gasteiger partial charge in [-0.25, -0.2) is 4.98 Å². The van der Waals surface area contributed by atoms with Crippen molar-refractivity contribution in [3.63, 3.8) is 0 Å². The maximum atomic E-state index is 11.9. The van der Waals surface area contributed by atoms with Gasteiger partial charge in [0.1, 0.15) is 4.60 Å². The van der Waals surface area contributed by atoms with Gasteiger partial charge in [-0.15, -0.1) is 11.3 Å². The first-order chi connectivity index (χ1) is 8.25. The van der Waals surface area contributed by atoms with E-state index in [9.17, 15) is 4.79 Å². The smallest absolute Gasteiger partial charge is 0.224 e. The quantitative estimate of drug-likeness (QED) is 0.928. The molecule has 1 aromatic heterocycles. The van der Waals surface area contributed by atoms with Gasteiger partial charge in [-0.1, -0.05) is 0 Å². The number of carbonyl (C=O) groups is 1. The molecule has 0 atom stereocenters. The number of aromatic nitrogens is 1. The maximum Gasteiger partial charge on any atom is 0.224 e. The van der Waals surface area contributed by atoms with Crippen molar-refractivity contribution in [1.82, 2.24) is 9.88 Å². The minimum atomic E-state index is 0.257. The summed E-state index contributed by atoms with van der Waals surface area (Å²) in [4.78, 5) is 18.0. The molecule has 2 rings (SSSR count). The van der Waals surface area contributed by atoms with E-state index in [1.54, 1.807) is 11.3 Å². The number of halogens is 1. The average molecular weight is 318 g/mol. The molecule has 0 bridgehead atoms. The molecule has 0 spiro atoms. The van der Waals surface area contributed by atoms with Crippen molar-refractivity contribution in [3.8, 4) is 0 Å². The highest BCUT2D eigenvalue weighted by molar-refractivity contribution is 9.10. The van der Waals surface area contributed by atoms with E-state index in [4.69, 9.17) is 0 Å². The molecule has 1 aliphatic rings. The Hall–Kier alpha value is -0.620. The van der Waals surface area contributed by atoms with Crippen LogP contribution in [-0.2, 0) is 4.79 Å². The number of nitrogens with one attached hydrogen (secondary N) is 1. The number of rotatable bonds is 4. The summed E-state index contributed by atoms with van der Waals surface area (Å²) >= 11 is 4.84. The first-order valence-electron chi connectivity index (χ1n) is 5.88. The molecule has 0 aromatic carbocycles. The third kappa shape index (κ3) is 3.96. The lowest BCUT2D eigenvalue weighted by Crippen LogP contribution is -2.36. The largest absolute Gasteiger partial charge is 0.361 e. The molecule has 1 fully saturated rings. The van der Waals surface area contributed by atoms with Crippen molar-refractivity contribution >= 4 is 38.3 Å². The number of piperidine rings is 1. The van der Waals surface area contributed by atoms with Gasteiger partial charge in [-0.05, 0) is 35.2 Å². The Morgan fingerprint density at radius 1 is 1.47 bits per heavy atom. The van der Waals surface area contributed by atoms with Gasteiger partial charge in [0.2, 0.25) is 5.91 Å². The second kappa shape index (κ2) is 6.35. The fourth-order valence-corrected chi connectivity index (χ4v) is 3.09. The topological polar surface area (TPSA) is 45.2 Å². The summed E-state index contributed by atoms with van der Waals surface area (Å²) < 4.78 is 0.840. The van der Waals surface area contributed by atoms with Gasteiger partial charge >= 0.3 is 0 Å². The third-order valence-electron chi connectivity index (χ3n) is 2.80. The standard InChI is InChI=1S/C11H16BrN3OS/c12-9-8-17-11(14-9)13-5-4-10(16)15-6-2-1-3-7-15/h8H,1-7H2,(H,13,14). The molecule has 0 saturated carbocycles. The van der Waals surface area contributed by atoms with Crippen LogP contribution in [0.1, 0.15) is 25.7 Å². The van der Waals surface area contributed by atoms with Crippen LogP contribution in [0.15, 0.2) is 9.98 Å².